The molecule has 0 unspecified atom stereocenters. The van der Waals surface area contributed by atoms with Gasteiger partial charge in [-0.15, -0.1) is 11.3 Å². The molecule has 146 valence electrons. The lowest BCUT2D eigenvalue weighted by atomic mass is 10.2. The summed E-state index contributed by atoms with van der Waals surface area (Å²) in [5.41, 5.74) is 0.920. The van der Waals surface area contributed by atoms with Gasteiger partial charge in [-0.1, -0.05) is 19.6 Å². The molecule has 2 aliphatic rings. The summed E-state index contributed by atoms with van der Waals surface area (Å²) in [6, 6.07) is 1.05. The van der Waals surface area contributed by atoms with Crippen molar-refractivity contribution in [3.05, 3.63) is 8.66 Å². The van der Waals surface area contributed by atoms with Crippen LogP contribution in [0.2, 0.25) is 25.7 Å². The third-order valence-electron chi connectivity index (χ3n) is 4.64. The van der Waals surface area contributed by atoms with Crippen molar-refractivity contribution in [3.63, 3.8) is 0 Å². The zero-order valence-electron chi connectivity index (χ0n) is 15.8. The fraction of sp³-hybridized carbons (Fsp3) is 0.706. The predicted octanol–water partition coefficient (Wildman–Crippen LogP) is 3.49. The third-order valence-corrected chi connectivity index (χ3v) is 8.12. The fourth-order valence-corrected chi connectivity index (χ4v) is 5.67. The number of hydrogen-bond acceptors (Lipinski definition) is 6. The summed E-state index contributed by atoms with van der Waals surface area (Å²) in [6.07, 6.45) is 0. The van der Waals surface area contributed by atoms with E-state index in [1.54, 1.807) is 7.11 Å². The van der Waals surface area contributed by atoms with Crippen LogP contribution in [-0.4, -0.2) is 71.7 Å². The van der Waals surface area contributed by atoms with Crippen molar-refractivity contribution in [3.8, 4) is 5.75 Å². The van der Waals surface area contributed by atoms with Crippen molar-refractivity contribution < 1.29 is 19.0 Å². The maximum Gasteiger partial charge on any atom is 0.268 e. The number of nitrogens with zero attached hydrogens (tertiary/aromatic N) is 2. The Morgan fingerprint density at radius 1 is 1.38 bits per heavy atom. The fourth-order valence-electron chi connectivity index (χ4n) is 3.18. The molecule has 0 N–H and O–H groups in total. The van der Waals surface area contributed by atoms with Gasteiger partial charge in [0.2, 0.25) is 0 Å². The Bertz CT molecular complexity index is 664. The summed E-state index contributed by atoms with van der Waals surface area (Å²) < 4.78 is 18.0. The first-order valence-electron chi connectivity index (χ1n) is 8.89. The van der Waals surface area contributed by atoms with Gasteiger partial charge in [-0.05, 0) is 22.0 Å². The number of carbonyl (C=O) groups excluding carboxylic acids is 1. The van der Waals surface area contributed by atoms with Gasteiger partial charge in [-0.25, -0.2) is 0 Å². The summed E-state index contributed by atoms with van der Waals surface area (Å²) in [5, 5.41) is 0. The lowest BCUT2D eigenvalue weighted by Crippen LogP contribution is -2.48. The first-order valence-corrected chi connectivity index (χ1v) is 14.2. The third kappa shape index (κ3) is 4.27. The minimum atomic E-state index is -1.16. The first kappa shape index (κ1) is 20.1. The molecule has 1 atom stereocenters. The van der Waals surface area contributed by atoms with Crippen LogP contribution >= 0.6 is 27.3 Å². The van der Waals surface area contributed by atoms with E-state index < -0.39 is 8.07 Å². The number of halogens is 1. The summed E-state index contributed by atoms with van der Waals surface area (Å²) in [5.74, 6) is 0.794. The first-order chi connectivity index (χ1) is 12.3. The van der Waals surface area contributed by atoms with E-state index in [2.05, 4.69) is 40.5 Å². The van der Waals surface area contributed by atoms with Crippen molar-refractivity contribution in [2.45, 2.75) is 31.7 Å². The topological polar surface area (TPSA) is 51.2 Å². The molecule has 0 bridgehead atoms. The molecule has 2 aliphatic heterocycles. The van der Waals surface area contributed by atoms with Crippen LogP contribution in [0.25, 0.3) is 0 Å². The zero-order chi connectivity index (χ0) is 18.9. The van der Waals surface area contributed by atoms with Crippen LogP contribution in [0.1, 0.15) is 9.67 Å². The summed E-state index contributed by atoms with van der Waals surface area (Å²) in [7, 11) is 0.522. The molecule has 1 amide bonds. The van der Waals surface area contributed by atoms with Crippen LogP contribution in [0.15, 0.2) is 3.79 Å². The van der Waals surface area contributed by atoms with E-state index in [0.29, 0.717) is 26.6 Å². The molecule has 3 rings (SSSR count). The minimum Gasteiger partial charge on any atom is -0.487 e. The molecule has 0 saturated carbocycles. The minimum absolute atomic E-state index is 0.00000331. The number of rotatable bonds is 7. The number of carbonyl (C=O) groups is 1. The SMILES string of the molecule is COC[C@@H]1CN2CCOc3c(Br)sc(c32)C(=O)N1COCC[Si](C)(C)C. The van der Waals surface area contributed by atoms with Gasteiger partial charge in [0, 0.05) is 28.3 Å². The standard InChI is InChI=1S/C17H27BrN2O4SSi/c1-22-10-12-9-19-5-6-24-14-13(19)15(25-16(14)18)17(21)20(12)11-23-7-8-26(2,3)4/h12H,5-11H2,1-4H3/t12-/m0/s1. The van der Waals surface area contributed by atoms with Crippen LogP contribution in [-0.2, 0) is 9.47 Å². The molecule has 1 aromatic heterocycles. The second-order valence-electron chi connectivity index (χ2n) is 7.91. The average molecular weight is 463 g/mol. The Morgan fingerprint density at radius 3 is 2.85 bits per heavy atom. The van der Waals surface area contributed by atoms with Gasteiger partial charge in [0.25, 0.3) is 5.91 Å². The Labute approximate surface area is 168 Å². The number of methoxy groups -OCH3 is 1. The molecule has 0 radical (unpaired) electrons. The van der Waals surface area contributed by atoms with Crippen molar-refractivity contribution in [2.75, 3.05) is 51.7 Å². The number of thiophene rings is 1. The Hall–Kier alpha value is -0.613. The molecule has 9 heteroatoms. The highest BCUT2D eigenvalue weighted by molar-refractivity contribution is 9.11. The Balaban J connectivity index is 1.81. The molecule has 6 nitrogen and oxygen atoms in total. The Morgan fingerprint density at radius 2 is 2.15 bits per heavy atom. The van der Waals surface area contributed by atoms with Crippen molar-refractivity contribution in [1.29, 1.82) is 0 Å². The predicted molar refractivity (Wildman–Crippen MR) is 111 cm³/mol. The molecule has 3 heterocycles. The van der Waals surface area contributed by atoms with Crippen molar-refractivity contribution in [2.24, 2.45) is 0 Å². The van der Waals surface area contributed by atoms with Gasteiger partial charge in [0.15, 0.2) is 5.75 Å². The number of amides is 1. The van der Waals surface area contributed by atoms with Crippen LogP contribution in [0.4, 0.5) is 5.69 Å². The van der Waals surface area contributed by atoms with Crippen LogP contribution < -0.4 is 9.64 Å². The maximum atomic E-state index is 13.3. The second kappa shape index (κ2) is 8.18. The lowest BCUT2D eigenvalue weighted by molar-refractivity contribution is -0.00115. The highest BCUT2D eigenvalue weighted by Gasteiger charge is 2.39. The van der Waals surface area contributed by atoms with Crippen molar-refractivity contribution >= 4 is 46.9 Å². The number of hydrogen-bond donors (Lipinski definition) is 0. The van der Waals surface area contributed by atoms with Crippen LogP contribution in [0, 0.1) is 0 Å². The molecule has 0 spiro atoms. The van der Waals surface area contributed by atoms with E-state index in [9.17, 15) is 4.79 Å². The molecule has 0 fully saturated rings. The lowest BCUT2D eigenvalue weighted by Gasteiger charge is -2.34. The van der Waals surface area contributed by atoms with Gasteiger partial charge < -0.3 is 24.0 Å². The largest absolute Gasteiger partial charge is 0.487 e. The molecule has 0 saturated heterocycles. The van der Waals surface area contributed by atoms with Crippen LogP contribution in [0.3, 0.4) is 0 Å². The highest BCUT2D eigenvalue weighted by Crippen LogP contribution is 2.49. The zero-order valence-corrected chi connectivity index (χ0v) is 19.2. The van der Waals surface area contributed by atoms with Gasteiger partial charge >= 0.3 is 0 Å². The van der Waals surface area contributed by atoms with Gasteiger partial charge in [-0.2, -0.15) is 0 Å². The number of ether oxygens (including phenoxy) is 3. The summed E-state index contributed by atoms with van der Waals surface area (Å²) in [6.45, 7) is 10.6. The summed E-state index contributed by atoms with van der Waals surface area (Å²) in [4.78, 5) is 18.1. The number of anilines is 1. The Kier molecular flexibility index (Phi) is 6.33. The molecule has 1 aromatic rings. The van der Waals surface area contributed by atoms with E-state index in [4.69, 9.17) is 14.2 Å². The van der Waals surface area contributed by atoms with E-state index >= 15 is 0 Å². The molecular weight excluding hydrogens is 436 g/mol. The van der Waals surface area contributed by atoms with Gasteiger partial charge in [0.05, 0.1) is 19.2 Å². The smallest absolute Gasteiger partial charge is 0.268 e. The molecule has 0 aromatic carbocycles. The maximum absolute atomic E-state index is 13.3. The van der Waals surface area contributed by atoms with Gasteiger partial charge in [0.1, 0.15) is 27.7 Å². The second-order valence-corrected chi connectivity index (χ2v) is 15.9. The average Bonchev–Trinajstić information content (AvgIpc) is 2.86. The monoisotopic (exact) mass is 462 g/mol. The highest BCUT2D eigenvalue weighted by atomic mass is 79.9. The quantitative estimate of drug-likeness (QED) is 0.458. The van der Waals surface area contributed by atoms with E-state index in [0.717, 1.165) is 39.2 Å². The summed E-state index contributed by atoms with van der Waals surface area (Å²) >= 11 is 4.99. The van der Waals surface area contributed by atoms with Crippen molar-refractivity contribution in [1.82, 2.24) is 4.90 Å². The molecule has 26 heavy (non-hydrogen) atoms. The molecular formula is C17H27BrN2O4SSi. The van der Waals surface area contributed by atoms with E-state index in [-0.39, 0.29) is 11.9 Å². The normalized spacial score (nSPS) is 20.0. The van der Waals surface area contributed by atoms with Crippen LogP contribution in [0.5, 0.6) is 5.75 Å². The van der Waals surface area contributed by atoms with Gasteiger partial charge in [-0.3, -0.25) is 4.79 Å². The van der Waals surface area contributed by atoms with E-state index in [1.807, 2.05) is 4.90 Å². The molecule has 0 aliphatic carbocycles. The van der Waals surface area contributed by atoms with E-state index in [1.165, 1.54) is 11.3 Å².